The number of fused-ring (bicyclic) bond motifs is 1. The molecule has 0 aliphatic rings. The van der Waals surface area contributed by atoms with Gasteiger partial charge in [0.1, 0.15) is 6.33 Å². The highest BCUT2D eigenvalue weighted by Crippen LogP contribution is 2.28. The zero-order chi connectivity index (χ0) is 13.2. The van der Waals surface area contributed by atoms with E-state index in [-0.39, 0.29) is 11.7 Å². The second kappa shape index (κ2) is 4.66. The van der Waals surface area contributed by atoms with Crippen molar-refractivity contribution in [1.82, 2.24) is 20.2 Å². The van der Waals surface area contributed by atoms with Crippen LogP contribution >= 0.6 is 11.6 Å². The van der Waals surface area contributed by atoms with Crippen molar-refractivity contribution in [3.05, 3.63) is 47.6 Å². The van der Waals surface area contributed by atoms with Crippen LogP contribution in [0.2, 0.25) is 5.02 Å². The lowest BCUT2D eigenvalue weighted by molar-refractivity contribution is 0.101. The second-order valence-electron chi connectivity index (χ2n) is 3.78. The Labute approximate surface area is 112 Å². The normalized spacial score (nSPS) is 10.6. The van der Waals surface area contributed by atoms with Gasteiger partial charge >= 0.3 is 0 Å². The average Bonchev–Trinajstić information content (AvgIpc) is 2.96. The maximum atomic E-state index is 11.9. The number of nitrogens with one attached hydrogen (secondary N) is 2. The molecule has 2 N–H and O–H groups in total. The molecule has 94 valence electrons. The molecular formula is C12H8ClN5O. The Balaban J connectivity index is 2.02. The van der Waals surface area contributed by atoms with Gasteiger partial charge in [0.25, 0.3) is 5.91 Å². The lowest BCUT2D eigenvalue weighted by Gasteiger charge is -2.07. The summed E-state index contributed by atoms with van der Waals surface area (Å²) >= 11 is 6.06. The standard InChI is InChI=1S/C12H8ClN5O/c13-8-3-4-9(7-2-1-5-14-10(7)8)17-12(19)11-15-6-16-18-11/h1-6H,(H,17,19)(H,15,16,18). The maximum absolute atomic E-state index is 11.9. The summed E-state index contributed by atoms with van der Waals surface area (Å²) in [6, 6.07) is 7.03. The fourth-order valence-electron chi connectivity index (χ4n) is 1.74. The van der Waals surface area contributed by atoms with Crippen molar-refractivity contribution < 1.29 is 4.79 Å². The Morgan fingerprint density at radius 2 is 2.16 bits per heavy atom. The molecule has 0 unspecified atom stereocenters. The molecule has 3 aromatic rings. The van der Waals surface area contributed by atoms with Crippen molar-refractivity contribution in [2.75, 3.05) is 5.32 Å². The van der Waals surface area contributed by atoms with Crippen molar-refractivity contribution in [2.45, 2.75) is 0 Å². The molecule has 0 aliphatic carbocycles. The number of hydrogen-bond acceptors (Lipinski definition) is 4. The van der Waals surface area contributed by atoms with E-state index in [1.54, 1.807) is 24.4 Å². The molecule has 0 saturated heterocycles. The van der Waals surface area contributed by atoms with Crippen LogP contribution in [0.4, 0.5) is 5.69 Å². The number of benzene rings is 1. The summed E-state index contributed by atoms with van der Waals surface area (Å²) in [5.74, 6) is -0.225. The molecular weight excluding hydrogens is 266 g/mol. The highest BCUT2D eigenvalue weighted by Gasteiger charge is 2.12. The van der Waals surface area contributed by atoms with E-state index >= 15 is 0 Å². The summed E-state index contributed by atoms with van der Waals surface area (Å²) in [5.41, 5.74) is 1.26. The van der Waals surface area contributed by atoms with Crippen molar-refractivity contribution in [1.29, 1.82) is 0 Å². The average molecular weight is 274 g/mol. The van der Waals surface area contributed by atoms with Gasteiger partial charge in [-0.3, -0.25) is 14.9 Å². The van der Waals surface area contributed by atoms with E-state index in [1.807, 2.05) is 6.07 Å². The minimum absolute atomic E-state index is 0.145. The number of H-pyrrole nitrogens is 1. The Bertz CT molecular complexity index is 741. The first kappa shape index (κ1) is 11.6. The largest absolute Gasteiger partial charge is 0.319 e. The topological polar surface area (TPSA) is 83.6 Å². The molecule has 0 aliphatic heterocycles. The number of pyridine rings is 1. The van der Waals surface area contributed by atoms with Gasteiger partial charge in [0.05, 0.1) is 16.2 Å². The minimum atomic E-state index is -0.370. The van der Waals surface area contributed by atoms with Gasteiger partial charge in [0.15, 0.2) is 0 Å². The molecule has 19 heavy (non-hydrogen) atoms. The fourth-order valence-corrected chi connectivity index (χ4v) is 1.96. The van der Waals surface area contributed by atoms with E-state index in [0.29, 0.717) is 16.2 Å². The molecule has 2 aromatic heterocycles. The number of hydrogen-bond donors (Lipinski definition) is 2. The van der Waals surface area contributed by atoms with E-state index in [1.165, 1.54) is 6.33 Å². The molecule has 3 rings (SSSR count). The van der Waals surface area contributed by atoms with Crippen LogP contribution in [0.15, 0.2) is 36.8 Å². The minimum Gasteiger partial charge on any atom is -0.319 e. The summed E-state index contributed by atoms with van der Waals surface area (Å²) < 4.78 is 0. The first-order valence-electron chi connectivity index (χ1n) is 5.45. The van der Waals surface area contributed by atoms with Crippen LogP contribution in [0.1, 0.15) is 10.6 Å². The molecule has 1 amide bonds. The summed E-state index contributed by atoms with van der Waals surface area (Å²) in [6.07, 6.45) is 2.92. The van der Waals surface area contributed by atoms with Crippen LogP contribution in [-0.4, -0.2) is 26.1 Å². The van der Waals surface area contributed by atoms with Gasteiger partial charge in [-0.25, -0.2) is 4.98 Å². The van der Waals surface area contributed by atoms with Crippen LogP contribution in [0.25, 0.3) is 10.9 Å². The number of nitrogens with zero attached hydrogens (tertiary/aromatic N) is 3. The molecule has 0 spiro atoms. The molecule has 0 radical (unpaired) electrons. The number of amides is 1. The van der Waals surface area contributed by atoms with Crippen LogP contribution in [0.5, 0.6) is 0 Å². The second-order valence-corrected chi connectivity index (χ2v) is 4.19. The van der Waals surface area contributed by atoms with Gasteiger partial charge in [-0.05, 0) is 24.3 Å². The predicted molar refractivity (Wildman–Crippen MR) is 71.1 cm³/mol. The van der Waals surface area contributed by atoms with E-state index in [2.05, 4.69) is 25.5 Å². The number of carbonyl (C=O) groups excluding carboxylic acids is 1. The third-order valence-corrected chi connectivity index (χ3v) is 2.90. The Hall–Kier alpha value is -2.47. The van der Waals surface area contributed by atoms with E-state index in [4.69, 9.17) is 11.6 Å². The Kier molecular flexibility index (Phi) is 2.85. The van der Waals surface area contributed by atoms with Gasteiger partial charge in [0, 0.05) is 11.6 Å². The molecule has 7 heteroatoms. The number of anilines is 1. The van der Waals surface area contributed by atoms with Crippen molar-refractivity contribution in [2.24, 2.45) is 0 Å². The molecule has 0 atom stereocenters. The monoisotopic (exact) mass is 273 g/mol. The van der Waals surface area contributed by atoms with Crippen molar-refractivity contribution in [3.8, 4) is 0 Å². The Morgan fingerprint density at radius 1 is 1.26 bits per heavy atom. The summed E-state index contributed by atoms with van der Waals surface area (Å²) in [7, 11) is 0. The van der Waals surface area contributed by atoms with Crippen LogP contribution in [-0.2, 0) is 0 Å². The number of aromatic nitrogens is 4. The van der Waals surface area contributed by atoms with E-state index in [0.717, 1.165) is 5.39 Å². The van der Waals surface area contributed by atoms with Crippen LogP contribution in [0.3, 0.4) is 0 Å². The van der Waals surface area contributed by atoms with Gasteiger partial charge in [-0.2, -0.15) is 5.10 Å². The number of halogens is 1. The van der Waals surface area contributed by atoms with Gasteiger partial charge in [-0.1, -0.05) is 11.6 Å². The first-order chi connectivity index (χ1) is 9.25. The van der Waals surface area contributed by atoms with Crippen LogP contribution in [0, 0.1) is 0 Å². The molecule has 2 heterocycles. The highest BCUT2D eigenvalue weighted by atomic mass is 35.5. The molecule has 0 saturated carbocycles. The fraction of sp³-hybridized carbons (Fsp3) is 0. The summed E-state index contributed by atoms with van der Waals surface area (Å²) in [4.78, 5) is 19.9. The lowest BCUT2D eigenvalue weighted by atomic mass is 10.2. The van der Waals surface area contributed by atoms with E-state index < -0.39 is 0 Å². The SMILES string of the molecule is O=C(Nc1ccc(Cl)c2ncccc12)c1ncn[nH]1. The zero-order valence-corrected chi connectivity index (χ0v) is 10.3. The summed E-state index contributed by atoms with van der Waals surface area (Å²) in [5, 5.41) is 10.2. The Morgan fingerprint density at radius 3 is 2.95 bits per heavy atom. The van der Waals surface area contributed by atoms with Gasteiger partial charge < -0.3 is 5.32 Å². The number of aromatic amines is 1. The molecule has 6 nitrogen and oxygen atoms in total. The maximum Gasteiger partial charge on any atom is 0.292 e. The van der Waals surface area contributed by atoms with Crippen molar-refractivity contribution in [3.63, 3.8) is 0 Å². The van der Waals surface area contributed by atoms with E-state index in [9.17, 15) is 4.79 Å². The van der Waals surface area contributed by atoms with Gasteiger partial charge in [0.2, 0.25) is 5.82 Å². The highest BCUT2D eigenvalue weighted by molar-refractivity contribution is 6.35. The lowest BCUT2D eigenvalue weighted by Crippen LogP contribution is -2.14. The quantitative estimate of drug-likeness (QED) is 0.750. The van der Waals surface area contributed by atoms with Gasteiger partial charge in [-0.15, -0.1) is 0 Å². The zero-order valence-electron chi connectivity index (χ0n) is 9.59. The third kappa shape index (κ3) is 2.13. The molecule has 1 aromatic carbocycles. The smallest absolute Gasteiger partial charge is 0.292 e. The predicted octanol–water partition coefficient (Wildman–Crippen LogP) is 2.26. The number of rotatable bonds is 2. The van der Waals surface area contributed by atoms with Crippen LogP contribution < -0.4 is 5.32 Å². The van der Waals surface area contributed by atoms with Crippen molar-refractivity contribution >= 4 is 34.1 Å². The summed E-state index contributed by atoms with van der Waals surface area (Å²) in [6.45, 7) is 0. The third-order valence-electron chi connectivity index (χ3n) is 2.60. The first-order valence-corrected chi connectivity index (χ1v) is 5.83. The molecule has 0 bridgehead atoms. The number of carbonyl (C=O) groups is 1. The molecule has 0 fully saturated rings.